The molecule has 1 N–H and O–H groups in total. The number of aromatic hydroxyl groups is 1. The Morgan fingerprint density at radius 3 is 2.29 bits per heavy atom. The maximum absolute atomic E-state index is 13.6. The zero-order valence-electron chi connectivity index (χ0n) is 17.9. The number of ether oxygens (including phenoxy) is 1. The van der Waals surface area contributed by atoms with Crippen LogP contribution in [0.15, 0.2) is 16.1 Å². The number of amides is 1. The minimum absolute atomic E-state index is 0.0725. The van der Waals surface area contributed by atoms with E-state index in [4.69, 9.17) is 39.5 Å². The van der Waals surface area contributed by atoms with Gasteiger partial charge in [0, 0.05) is 12.1 Å². The highest BCUT2D eigenvalue weighted by molar-refractivity contribution is 6.51. The summed E-state index contributed by atoms with van der Waals surface area (Å²) in [7, 11) is 0. The lowest BCUT2D eigenvalue weighted by molar-refractivity contribution is -0.134. The second-order valence-corrected chi connectivity index (χ2v) is 9.26. The number of benzene rings is 1. The van der Waals surface area contributed by atoms with Crippen molar-refractivity contribution in [2.24, 2.45) is 0 Å². The molecule has 1 atom stereocenters. The van der Waals surface area contributed by atoms with Gasteiger partial charge >= 0.3 is 0 Å². The average Bonchev–Trinajstić information content (AvgIpc) is 3.13. The minimum atomic E-state index is -1.82. The lowest BCUT2D eigenvalue weighted by Crippen LogP contribution is -2.55. The van der Waals surface area contributed by atoms with Crippen molar-refractivity contribution >= 4 is 46.5 Å². The molecule has 1 spiro atoms. The molecule has 31 heavy (non-hydrogen) atoms. The van der Waals surface area contributed by atoms with E-state index in [1.54, 1.807) is 0 Å². The van der Waals surface area contributed by atoms with Crippen molar-refractivity contribution < 1.29 is 19.4 Å². The van der Waals surface area contributed by atoms with Crippen LogP contribution >= 0.6 is 34.8 Å². The molecule has 2 aliphatic rings. The van der Waals surface area contributed by atoms with Crippen molar-refractivity contribution in [1.82, 2.24) is 4.90 Å². The highest BCUT2D eigenvalue weighted by atomic mass is 35.5. The Morgan fingerprint density at radius 1 is 1.00 bits per heavy atom. The number of unbranched alkanes of at least 4 members (excludes halogenated alkanes) is 6. The number of rotatable bonds is 10. The van der Waals surface area contributed by atoms with E-state index < -0.39 is 17.4 Å². The van der Waals surface area contributed by atoms with Crippen LogP contribution in [0.4, 0.5) is 0 Å². The topological polar surface area (TPSA) is 66.8 Å². The first-order valence-corrected chi connectivity index (χ1v) is 12.1. The minimum Gasteiger partial charge on any atom is -0.506 e. The lowest BCUT2D eigenvalue weighted by atomic mass is 9.98. The molecule has 0 aromatic heterocycles. The van der Waals surface area contributed by atoms with Gasteiger partial charge in [0.15, 0.2) is 0 Å². The van der Waals surface area contributed by atoms with Gasteiger partial charge in [-0.3, -0.25) is 14.5 Å². The zero-order valence-corrected chi connectivity index (χ0v) is 20.2. The highest BCUT2D eigenvalue weighted by Crippen LogP contribution is 2.52. The van der Waals surface area contributed by atoms with Crippen LogP contribution in [0.2, 0.25) is 5.02 Å². The molecule has 1 aromatic rings. The molecule has 0 aliphatic carbocycles. The molecule has 0 saturated carbocycles. The van der Waals surface area contributed by atoms with Gasteiger partial charge in [0.1, 0.15) is 21.6 Å². The molecule has 1 aromatic carbocycles. The average molecular weight is 489 g/mol. The third-order valence-corrected chi connectivity index (χ3v) is 7.10. The van der Waals surface area contributed by atoms with Gasteiger partial charge in [0.05, 0.1) is 10.6 Å². The lowest BCUT2D eigenvalue weighted by Gasteiger charge is -2.33. The van der Waals surface area contributed by atoms with Crippen molar-refractivity contribution in [2.75, 3.05) is 6.54 Å². The van der Waals surface area contributed by atoms with Crippen LogP contribution in [0.3, 0.4) is 0 Å². The standard InChI is InChI=1S/C23H28Cl3NO4/c1-3-5-7-9-11-14-18(28)16(24)13-15-19(14)31-23(21(15)29)20(26)17(25)22(30)27(23)12-10-8-6-4-2/h13,28H,3-12H2,1-2H3. The number of Topliss-reactive ketones (excluding diaryl/α,β-unsaturated/α-hetero) is 1. The molecule has 1 amide bonds. The first kappa shape index (κ1) is 24.2. The van der Waals surface area contributed by atoms with E-state index in [1.165, 1.54) is 11.0 Å². The van der Waals surface area contributed by atoms with E-state index in [1.807, 2.05) is 0 Å². The van der Waals surface area contributed by atoms with Crippen molar-refractivity contribution in [1.29, 1.82) is 0 Å². The predicted octanol–water partition coefficient (Wildman–Crippen LogP) is 6.55. The van der Waals surface area contributed by atoms with Gasteiger partial charge in [-0.1, -0.05) is 87.2 Å². The molecule has 0 fully saturated rings. The van der Waals surface area contributed by atoms with Gasteiger partial charge in [-0.15, -0.1) is 0 Å². The molecule has 170 valence electrons. The van der Waals surface area contributed by atoms with Gasteiger partial charge < -0.3 is 9.84 Å². The SMILES string of the molecule is CCCCCCc1c(O)c(Cl)cc2c1OC1(C2=O)C(Cl)=C(Cl)C(=O)N1CCCCCC. The second-order valence-electron chi connectivity index (χ2n) is 8.09. The van der Waals surface area contributed by atoms with Gasteiger partial charge in [-0.2, -0.15) is 0 Å². The maximum Gasteiger partial charge on any atom is 0.288 e. The Morgan fingerprint density at radius 2 is 1.65 bits per heavy atom. The van der Waals surface area contributed by atoms with Gasteiger partial charge in [0.2, 0.25) is 5.78 Å². The number of halogens is 3. The van der Waals surface area contributed by atoms with Crippen molar-refractivity contribution in [3.63, 3.8) is 0 Å². The van der Waals surface area contributed by atoms with Gasteiger partial charge in [0.25, 0.3) is 11.6 Å². The number of carbonyl (C=O) groups excluding carboxylic acids is 2. The normalized spacial score (nSPS) is 20.2. The Hall–Kier alpha value is -1.43. The number of hydrogen-bond donors (Lipinski definition) is 1. The molecule has 3 rings (SSSR count). The van der Waals surface area contributed by atoms with Crippen LogP contribution in [-0.2, 0) is 11.2 Å². The maximum atomic E-state index is 13.6. The van der Waals surface area contributed by atoms with Crippen LogP contribution in [0.25, 0.3) is 0 Å². The largest absolute Gasteiger partial charge is 0.506 e. The van der Waals surface area contributed by atoms with Crippen molar-refractivity contribution in [2.45, 2.75) is 77.4 Å². The first-order chi connectivity index (χ1) is 14.8. The summed E-state index contributed by atoms with van der Waals surface area (Å²) >= 11 is 18.9. The second kappa shape index (κ2) is 10.0. The summed E-state index contributed by atoms with van der Waals surface area (Å²) in [6, 6.07) is 1.38. The van der Waals surface area contributed by atoms with Crippen molar-refractivity contribution in [3.8, 4) is 11.5 Å². The fourth-order valence-corrected chi connectivity index (χ4v) is 4.96. The summed E-state index contributed by atoms with van der Waals surface area (Å²) < 4.78 is 6.18. The molecule has 5 nitrogen and oxygen atoms in total. The number of phenols is 1. The summed E-state index contributed by atoms with van der Waals surface area (Å²) in [5.41, 5.74) is -1.14. The quantitative estimate of drug-likeness (QED) is 0.379. The monoisotopic (exact) mass is 487 g/mol. The smallest absolute Gasteiger partial charge is 0.288 e. The molecule has 2 heterocycles. The first-order valence-electron chi connectivity index (χ1n) is 11.0. The Balaban J connectivity index is 1.99. The van der Waals surface area contributed by atoms with Gasteiger partial charge in [-0.25, -0.2) is 0 Å². The van der Waals surface area contributed by atoms with Crippen LogP contribution in [0, 0.1) is 0 Å². The number of nitrogens with zero attached hydrogens (tertiary/aromatic N) is 1. The van der Waals surface area contributed by atoms with Crippen LogP contribution in [0.5, 0.6) is 11.5 Å². The molecule has 1 unspecified atom stereocenters. The van der Waals surface area contributed by atoms with Crippen LogP contribution < -0.4 is 4.74 Å². The number of carbonyl (C=O) groups is 2. The molecule has 0 bridgehead atoms. The molecule has 0 radical (unpaired) electrons. The van der Waals surface area contributed by atoms with Crippen LogP contribution in [-0.4, -0.2) is 34.0 Å². The van der Waals surface area contributed by atoms with E-state index in [-0.39, 0.29) is 38.7 Å². The summed E-state index contributed by atoms with van der Waals surface area (Å²) in [6.07, 6.45) is 8.08. The molecule has 0 saturated heterocycles. The Kier molecular flexibility index (Phi) is 7.82. The van der Waals surface area contributed by atoms with E-state index in [0.29, 0.717) is 18.4 Å². The van der Waals surface area contributed by atoms with E-state index in [9.17, 15) is 14.7 Å². The van der Waals surface area contributed by atoms with Crippen LogP contribution in [0.1, 0.15) is 81.1 Å². The third kappa shape index (κ3) is 4.17. The fourth-order valence-electron chi connectivity index (χ4n) is 4.20. The van der Waals surface area contributed by atoms with Crippen molar-refractivity contribution in [3.05, 3.63) is 32.3 Å². The molecular weight excluding hydrogens is 461 g/mol. The number of fused-ring (bicyclic) bond motifs is 1. The number of ketones is 1. The van der Waals surface area contributed by atoms with E-state index in [0.717, 1.165) is 44.9 Å². The third-order valence-electron chi connectivity index (χ3n) is 5.92. The van der Waals surface area contributed by atoms with E-state index in [2.05, 4.69) is 13.8 Å². The molecular formula is C23H28Cl3NO4. The molecule has 2 aliphatic heterocycles. The Bertz CT molecular complexity index is 915. The number of hydrogen-bond acceptors (Lipinski definition) is 4. The summed E-state index contributed by atoms with van der Waals surface area (Å²) in [5.74, 6) is -0.876. The fraction of sp³-hybridized carbons (Fsp3) is 0.565. The Labute approximate surface area is 198 Å². The summed E-state index contributed by atoms with van der Waals surface area (Å²) in [4.78, 5) is 27.7. The van der Waals surface area contributed by atoms with Gasteiger partial charge in [-0.05, 0) is 25.3 Å². The zero-order chi connectivity index (χ0) is 22.8. The summed E-state index contributed by atoms with van der Waals surface area (Å²) in [6.45, 7) is 4.50. The number of phenolic OH excluding ortho intramolecular Hbond substituents is 1. The van der Waals surface area contributed by atoms with E-state index >= 15 is 0 Å². The predicted molar refractivity (Wildman–Crippen MR) is 123 cm³/mol. The highest BCUT2D eigenvalue weighted by Gasteiger charge is 2.62. The molecule has 8 heteroatoms. The summed E-state index contributed by atoms with van der Waals surface area (Å²) in [5, 5.41) is 10.3.